The van der Waals surface area contributed by atoms with E-state index in [0.29, 0.717) is 6.04 Å². The lowest BCUT2D eigenvalue weighted by Gasteiger charge is -2.20. The molecule has 0 aliphatic heterocycles. The Kier molecular flexibility index (Phi) is 3.83. The Bertz CT molecular complexity index is 398. The summed E-state index contributed by atoms with van der Waals surface area (Å²) in [4.78, 5) is 8.16. The van der Waals surface area contributed by atoms with Crippen LogP contribution < -0.4 is 5.32 Å². The molecule has 0 aliphatic carbocycles. The van der Waals surface area contributed by atoms with Crippen LogP contribution in [-0.2, 0) is 0 Å². The highest BCUT2D eigenvalue weighted by Gasteiger charge is 2.10. The Morgan fingerprint density at radius 2 is 1.59 bits per heavy atom. The molecule has 0 aliphatic rings. The van der Waals surface area contributed by atoms with E-state index >= 15 is 0 Å². The maximum Gasteiger partial charge on any atom is 0.0315 e. The van der Waals surface area contributed by atoms with Crippen LogP contribution >= 0.6 is 0 Å². The average molecular weight is 227 g/mol. The van der Waals surface area contributed by atoms with Gasteiger partial charge in [-0.05, 0) is 43.2 Å². The van der Waals surface area contributed by atoms with Crippen molar-refractivity contribution in [3.8, 4) is 0 Å². The monoisotopic (exact) mass is 227 g/mol. The van der Waals surface area contributed by atoms with E-state index in [-0.39, 0.29) is 6.04 Å². The van der Waals surface area contributed by atoms with Crippen molar-refractivity contribution in [3.05, 3.63) is 60.2 Å². The molecule has 0 saturated heterocycles. The van der Waals surface area contributed by atoms with Crippen LogP contribution in [0.15, 0.2) is 49.1 Å². The van der Waals surface area contributed by atoms with Crippen molar-refractivity contribution >= 4 is 0 Å². The summed E-state index contributed by atoms with van der Waals surface area (Å²) in [6.45, 7) is 4.30. The zero-order valence-corrected chi connectivity index (χ0v) is 10.2. The van der Waals surface area contributed by atoms with Gasteiger partial charge in [-0.2, -0.15) is 0 Å². The van der Waals surface area contributed by atoms with Gasteiger partial charge < -0.3 is 5.32 Å². The first kappa shape index (κ1) is 11.7. The Morgan fingerprint density at radius 3 is 2.24 bits per heavy atom. The van der Waals surface area contributed by atoms with Gasteiger partial charge >= 0.3 is 0 Å². The Balaban J connectivity index is 2.02. The lowest BCUT2D eigenvalue weighted by Crippen LogP contribution is -2.22. The van der Waals surface area contributed by atoms with Gasteiger partial charge in [0.25, 0.3) is 0 Å². The number of nitrogens with one attached hydrogen (secondary N) is 1. The van der Waals surface area contributed by atoms with Gasteiger partial charge in [-0.1, -0.05) is 6.07 Å². The molecule has 0 spiro atoms. The van der Waals surface area contributed by atoms with Gasteiger partial charge in [0.05, 0.1) is 0 Å². The third kappa shape index (κ3) is 3.11. The summed E-state index contributed by atoms with van der Waals surface area (Å²) in [6, 6.07) is 8.70. The van der Waals surface area contributed by atoms with Gasteiger partial charge in [-0.15, -0.1) is 0 Å². The van der Waals surface area contributed by atoms with Crippen molar-refractivity contribution < 1.29 is 0 Å². The van der Waals surface area contributed by atoms with Crippen molar-refractivity contribution in [2.45, 2.75) is 25.9 Å². The number of hydrogen-bond acceptors (Lipinski definition) is 3. The number of hydrogen-bond donors (Lipinski definition) is 1. The van der Waals surface area contributed by atoms with Crippen LogP contribution in [0.2, 0.25) is 0 Å². The predicted molar refractivity (Wildman–Crippen MR) is 68.4 cm³/mol. The van der Waals surface area contributed by atoms with Crippen molar-refractivity contribution in [2.24, 2.45) is 0 Å². The highest BCUT2D eigenvalue weighted by Crippen LogP contribution is 2.17. The molecule has 0 amide bonds. The molecule has 2 aromatic rings. The van der Waals surface area contributed by atoms with E-state index in [9.17, 15) is 0 Å². The first-order valence-corrected chi connectivity index (χ1v) is 5.83. The first-order chi connectivity index (χ1) is 8.27. The van der Waals surface area contributed by atoms with Crippen LogP contribution in [0.5, 0.6) is 0 Å². The minimum atomic E-state index is 0.284. The van der Waals surface area contributed by atoms with Crippen LogP contribution in [0, 0.1) is 0 Å². The molecule has 0 aromatic carbocycles. The summed E-state index contributed by atoms with van der Waals surface area (Å²) in [6.07, 6.45) is 7.34. The Hall–Kier alpha value is -1.74. The molecule has 0 radical (unpaired) electrons. The fourth-order valence-electron chi connectivity index (χ4n) is 1.85. The van der Waals surface area contributed by atoms with Crippen molar-refractivity contribution in [1.29, 1.82) is 0 Å². The maximum absolute atomic E-state index is 4.14. The van der Waals surface area contributed by atoms with E-state index in [0.717, 1.165) is 0 Å². The predicted octanol–water partition coefficient (Wildman–Crippen LogP) is 2.89. The lowest BCUT2D eigenvalue weighted by atomic mass is 10.1. The summed E-state index contributed by atoms with van der Waals surface area (Å²) in [5, 5.41) is 3.54. The van der Waals surface area contributed by atoms with Gasteiger partial charge in [0.2, 0.25) is 0 Å². The fourth-order valence-corrected chi connectivity index (χ4v) is 1.85. The zero-order valence-electron chi connectivity index (χ0n) is 10.2. The van der Waals surface area contributed by atoms with Crippen LogP contribution in [-0.4, -0.2) is 9.97 Å². The molecule has 17 heavy (non-hydrogen) atoms. The minimum absolute atomic E-state index is 0.284. The number of rotatable bonds is 4. The summed E-state index contributed by atoms with van der Waals surface area (Å²) < 4.78 is 0. The van der Waals surface area contributed by atoms with Crippen molar-refractivity contribution in [2.75, 3.05) is 0 Å². The summed E-state index contributed by atoms with van der Waals surface area (Å²) in [7, 11) is 0. The van der Waals surface area contributed by atoms with Gasteiger partial charge in [-0.3, -0.25) is 9.97 Å². The molecule has 88 valence electrons. The fraction of sp³-hybridized carbons (Fsp3) is 0.286. The molecule has 2 aromatic heterocycles. The number of pyridine rings is 2. The molecule has 0 bridgehead atoms. The van der Waals surface area contributed by atoms with E-state index in [1.165, 1.54) is 11.1 Å². The average Bonchev–Trinajstić information content (AvgIpc) is 2.40. The van der Waals surface area contributed by atoms with E-state index in [2.05, 4.69) is 35.2 Å². The normalized spacial score (nSPS) is 14.2. The topological polar surface area (TPSA) is 37.8 Å². The smallest absolute Gasteiger partial charge is 0.0315 e. The van der Waals surface area contributed by atoms with Crippen LogP contribution in [0.1, 0.15) is 37.1 Å². The highest BCUT2D eigenvalue weighted by atomic mass is 14.9. The third-order valence-electron chi connectivity index (χ3n) is 2.89. The largest absolute Gasteiger partial charge is 0.304 e. The molecular weight excluding hydrogens is 210 g/mol. The molecule has 2 atom stereocenters. The maximum atomic E-state index is 4.14. The molecule has 0 saturated carbocycles. The molecule has 0 fully saturated rings. The van der Waals surface area contributed by atoms with Gasteiger partial charge in [0, 0.05) is 36.9 Å². The lowest BCUT2D eigenvalue weighted by molar-refractivity contribution is 0.493. The Morgan fingerprint density at radius 1 is 0.882 bits per heavy atom. The quantitative estimate of drug-likeness (QED) is 0.872. The van der Waals surface area contributed by atoms with Gasteiger partial charge in [0.1, 0.15) is 0 Å². The summed E-state index contributed by atoms with van der Waals surface area (Å²) >= 11 is 0. The highest BCUT2D eigenvalue weighted by molar-refractivity contribution is 5.17. The van der Waals surface area contributed by atoms with Crippen LogP contribution in [0.3, 0.4) is 0 Å². The number of aromatic nitrogens is 2. The molecule has 2 rings (SSSR count). The van der Waals surface area contributed by atoms with Crippen molar-refractivity contribution in [3.63, 3.8) is 0 Å². The third-order valence-corrected chi connectivity index (χ3v) is 2.89. The summed E-state index contributed by atoms with van der Waals surface area (Å²) in [5.74, 6) is 0. The SMILES string of the molecule is CC(N[C@H](C)c1cccnc1)c1ccncc1. The minimum Gasteiger partial charge on any atom is -0.304 e. The van der Waals surface area contributed by atoms with E-state index < -0.39 is 0 Å². The first-order valence-electron chi connectivity index (χ1n) is 5.83. The van der Waals surface area contributed by atoms with Crippen LogP contribution in [0.4, 0.5) is 0 Å². The zero-order chi connectivity index (χ0) is 12.1. The molecular formula is C14H17N3. The van der Waals surface area contributed by atoms with Gasteiger partial charge in [-0.25, -0.2) is 0 Å². The molecule has 1 N–H and O–H groups in total. The van der Waals surface area contributed by atoms with Crippen LogP contribution in [0.25, 0.3) is 0 Å². The second-order valence-electron chi connectivity index (χ2n) is 4.18. The van der Waals surface area contributed by atoms with E-state index in [1.807, 2.05) is 36.8 Å². The van der Waals surface area contributed by atoms with Gasteiger partial charge in [0.15, 0.2) is 0 Å². The Labute approximate surface area is 102 Å². The number of nitrogens with zero attached hydrogens (tertiary/aromatic N) is 2. The molecule has 3 heteroatoms. The second-order valence-corrected chi connectivity index (χ2v) is 4.18. The van der Waals surface area contributed by atoms with E-state index in [1.54, 1.807) is 6.20 Å². The standard InChI is InChI=1S/C14H17N3/c1-11(13-5-8-15-9-6-13)17-12(2)14-4-3-7-16-10-14/h3-12,17H,1-2H3/t11?,12-/m1/s1. The molecule has 2 heterocycles. The molecule has 1 unspecified atom stereocenters. The molecule has 3 nitrogen and oxygen atoms in total. The second kappa shape index (κ2) is 5.55. The summed E-state index contributed by atoms with van der Waals surface area (Å²) in [5.41, 5.74) is 2.45. The van der Waals surface area contributed by atoms with E-state index in [4.69, 9.17) is 0 Å². The van der Waals surface area contributed by atoms with Crippen molar-refractivity contribution in [1.82, 2.24) is 15.3 Å².